The van der Waals surface area contributed by atoms with Crippen LogP contribution < -0.4 is 4.90 Å². The van der Waals surface area contributed by atoms with Crippen molar-refractivity contribution in [3.63, 3.8) is 0 Å². The molecule has 3 aromatic rings. The Labute approximate surface area is 193 Å². The molecule has 0 unspecified atom stereocenters. The summed E-state index contributed by atoms with van der Waals surface area (Å²) in [6.07, 6.45) is 5.71. The van der Waals surface area contributed by atoms with Crippen molar-refractivity contribution < 1.29 is 9.53 Å². The Morgan fingerprint density at radius 1 is 1.09 bits per heavy atom. The molecule has 1 aromatic carbocycles. The van der Waals surface area contributed by atoms with Gasteiger partial charge in [0.15, 0.2) is 5.82 Å². The molecule has 1 saturated carbocycles. The van der Waals surface area contributed by atoms with Crippen LogP contribution in [-0.4, -0.2) is 54.1 Å². The zero-order valence-electron chi connectivity index (χ0n) is 18.6. The quantitative estimate of drug-likeness (QED) is 0.543. The maximum atomic E-state index is 12.8. The van der Waals surface area contributed by atoms with Crippen LogP contribution in [0.2, 0.25) is 0 Å². The van der Waals surface area contributed by atoms with Gasteiger partial charge in [-0.1, -0.05) is 43.2 Å². The Morgan fingerprint density at radius 3 is 2.56 bits per heavy atom. The molecule has 0 atom stereocenters. The lowest BCUT2D eigenvalue weighted by Crippen LogP contribution is -2.49. The highest BCUT2D eigenvalue weighted by Gasteiger charge is 2.27. The van der Waals surface area contributed by atoms with Gasteiger partial charge in [0.2, 0.25) is 5.91 Å². The highest BCUT2D eigenvalue weighted by atomic mass is 32.1. The van der Waals surface area contributed by atoms with E-state index in [4.69, 9.17) is 14.7 Å². The van der Waals surface area contributed by atoms with E-state index in [0.29, 0.717) is 24.3 Å². The van der Waals surface area contributed by atoms with E-state index < -0.39 is 0 Å². The molecule has 0 radical (unpaired) electrons. The lowest BCUT2D eigenvalue weighted by molar-refractivity contribution is -0.132. The molecule has 1 amide bonds. The van der Waals surface area contributed by atoms with Crippen LogP contribution in [0.1, 0.15) is 37.9 Å². The molecule has 0 spiro atoms. The van der Waals surface area contributed by atoms with Gasteiger partial charge in [-0.2, -0.15) is 0 Å². The Morgan fingerprint density at radius 2 is 1.84 bits per heavy atom. The lowest BCUT2D eigenvalue weighted by atomic mass is 10.0. The smallest absolute Gasteiger partial charge is 0.222 e. The van der Waals surface area contributed by atoms with E-state index in [1.54, 1.807) is 18.4 Å². The van der Waals surface area contributed by atoms with Gasteiger partial charge in [-0.25, -0.2) is 9.97 Å². The van der Waals surface area contributed by atoms with Crippen molar-refractivity contribution in [1.82, 2.24) is 14.9 Å². The van der Waals surface area contributed by atoms with E-state index in [9.17, 15) is 4.79 Å². The average molecular weight is 451 g/mol. The molecule has 7 heteroatoms. The molecule has 168 valence electrons. The second-order valence-corrected chi connectivity index (χ2v) is 9.67. The first-order valence-electron chi connectivity index (χ1n) is 11.6. The number of carbonyl (C=O) groups is 1. The third-order valence-electron chi connectivity index (χ3n) is 6.69. The van der Waals surface area contributed by atoms with Crippen molar-refractivity contribution in [2.24, 2.45) is 5.92 Å². The van der Waals surface area contributed by atoms with Gasteiger partial charge in [0.25, 0.3) is 0 Å². The number of anilines is 1. The monoisotopic (exact) mass is 450 g/mol. The number of rotatable bonds is 6. The molecular weight excluding hydrogens is 420 g/mol. The van der Waals surface area contributed by atoms with Crippen LogP contribution >= 0.6 is 11.3 Å². The minimum absolute atomic E-state index is 0.324. The first-order chi connectivity index (χ1) is 15.7. The second kappa shape index (κ2) is 9.55. The maximum absolute atomic E-state index is 12.8. The molecule has 0 N–H and O–H groups in total. The summed E-state index contributed by atoms with van der Waals surface area (Å²) in [7, 11) is 1.67. The van der Waals surface area contributed by atoms with Crippen LogP contribution in [0.3, 0.4) is 0 Å². The highest BCUT2D eigenvalue weighted by molar-refractivity contribution is 7.17. The number of hydrogen-bond donors (Lipinski definition) is 0. The summed E-state index contributed by atoms with van der Waals surface area (Å²) in [6.45, 7) is 3.47. The number of carbonyl (C=O) groups excluding carboxylic acids is 1. The number of methoxy groups -OCH3 is 1. The summed E-state index contributed by atoms with van der Waals surface area (Å²) in [6, 6.07) is 10.4. The van der Waals surface area contributed by atoms with Crippen LogP contribution in [0, 0.1) is 5.92 Å². The van der Waals surface area contributed by atoms with E-state index in [0.717, 1.165) is 48.6 Å². The minimum Gasteiger partial charge on any atom is -0.377 e. The lowest BCUT2D eigenvalue weighted by Gasteiger charge is -2.36. The van der Waals surface area contributed by atoms with E-state index in [1.165, 1.54) is 36.8 Å². The number of aromatic nitrogens is 2. The molecule has 2 aliphatic rings. The summed E-state index contributed by atoms with van der Waals surface area (Å²) in [5, 5.41) is 3.28. The number of benzene rings is 1. The molecule has 3 heterocycles. The fourth-order valence-electron chi connectivity index (χ4n) is 4.98. The molecule has 0 bridgehead atoms. The van der Waals surface area contributed by atoms with Gasteiger partial charge in [-0.3, -0.25) is 4.79 Å². The van der Waals surface area contributed by atoms with E-state index in [1.807, 2.05) is 6.07 Å². The molecular formula is C25H30N4O2S. The van der Waals surface area contributed by atoms with Gasteiger partial charge in [0.05, 0.1) is 5.39 Å². The molecule has 6 nitrogen and oxygen atoms in total. The summed E-state index contributed by atoms with van der Waals surface area (Å²) < 4.78 is 5.33. The zero-order chi connectivity index (χ0) is 21.9. The molecule has 5 rings (SSSR count). The molecule has 2 aromatic heterocycles. The normalized spacial score (nSPS) is 17.4. The number of hydrogen-bond acceptors (Lipinski definition) is 6. The second-order valence-electron chi connectivity index (χ2n) is 8.81. The van der Waals surface area contributed by atoms with Crippen molar-refractivity contribution >= 4 is 33.3 Å². The number of amides is 1. The van der Waals surface area contributed by atoms with Crippen LogP contribution in [0.4, 0.5) is 5.82 Å². The van der Waals surface area contributed by atoms with Gasteiger partial charge in [-0.15, -0.1) is 11.3 Å². The minimum atomic E-state index is 0.324. The third-order valence-corrected chi connectivity index (χ3v) is 7.56. The molecule has 32 heavy (non-hydrogen) atoms. The van der Waals surface area contributed by atoms with Crippen molar-refractivity contribution in [3.8, 4) is 11.1 Å². The van der Waals surface area contributed by atoms with Crippen LogP contribution in [0.15, 0.2) is 35.7 Å². The van der Waals surface area contributed by atoms with Gasteiger partial charge >= 0.3 is 0 Å². The Kier molecular flexibility index (Phi) is 6.37. The third kappa shape index (κ3) is 4.36. The predicted octanol–water partition coefficient (Wildman–Crippen LogP) is 4.73. The summed E-state index contributed by atoms with van der Waals surface area (Å²) in [4.78, 5) is 27.8. The van der Waals surface area contributed by atoms with Crippen molar-refractivity contribution in [3.05, 3.63) is 41.5 Å². The first kappa shape index (κ1) is 21.3. The number of fused-ring (bicyclic) bond motifs is 1. The maximum Gasteiger partial charge on any atom is 0.222 e. The van der Waals surface area contributed by atoms with Crippen LogP contribution in [0.25, 0.3) is 21.3 Å². The predicted molar refractivity (Wildman–Crippen MR) is 129 cm³/mol. The Hall–Kier alpha value is -2.51. The van der Waals surface area contributed by atoms with Gasteiger partial charge < -0.3 is 14.5 Å². The number of piperazine rings is 1. The summed E-state index contributed by atoms with van der Waals surface area (Å²) in [5.74, 6) is 2.59. The molecule has 1 aliphatic carbocycles. The van der Waals surface area contributed by atoms with Gasteiger partial charge in [0, 0.05) is 50.7 Å². The summed E-state index contributed by atoms with van der Waals surface area (Å²) in [5.41, 5.74) is 2.35. The Balaban J connectivity index is 1.40. The molecule has 2 fully saturated rings. The van der Waals surface area contributed by atoms with Crippen LogP contribution in [0.5, 0.6) is 0 Å². The van der Waals surface area contributed by atoms with Crippen LogP contribution in [-0.2, 0) is 16.1 Å². The van der Waals surface area contributed by atoms with Crippen molar-refractivity contribution in [2.45, 2.75) is 38.7 Å². The first-order valence-corrected chi connectivity index (χ1v) is 12.5. The highest BCUT2D eigenvalue weighted by Crippen LogP contribution is 2.38. The SMILES string of the molecule is COCc1nc(N2CCN(C(=O)CC3CCCC3)CC2)c2c(-c3ccccc3)csc2n1. The molecule has 1 aliphatic heterocycles. The van der Waals surface area contributed by atoms with E-state index in [-0.39, 0.29) is 0 Å². The number of thiophene rings is 1. The van der Waals surface area contributed by atoms with Crippen molar-refractivity contribution in [2.75, 3.05) is 38.2 Å². The fraction of sp³-hybridized carbons (Fsp3) is 0.480. The standard InChI is InChI=1S/C25H30N4O2S/c1-31-16-21-26-24(23-20(17-32-25(23)27-21)19-9-3-2-4-10-19)29-13-11-28(12-14-29)22(30)15-18-7-5-6-8-18/h2-4,9-10,17-18H,5-8,11-16H2,1H3. The Bertz CT molecular complexity index is 1070. The number of ether oxygens (including phenoxy) is 1. The average Bonchev–Trinajstić information content (AvgIpc) is 3.49. The van der Waals surface area contributed by atoms with Crippen molar-refractivity contribution in [1.29, 1.82) is 0 Å². The summed E-state index contributed by atoms with van der Waals surface area (Å²) >= 11 is 1.65. The fourth-order valence-corrected chi connectivity index (χ4v) is 5.94. The number of nitrogens with zero attached hydrogens (tertiary/aromatic N) is 4. The van der Waals surface area contributed by atoms with Gasteiger partial charge in [-0.05, 0) is 24.3 Å². The van der Waals surface area contributed by atoms with Gasteiger partial charge in [0.1, 0.15) is 17.3 Å². The largest absolute Gasteiger partial charge is 0.377 e. The molecule has 1 saturated heterocycles. The van der Waals surface area contributed by atoms with E-state index in [2.05, 4.69) is 39.4 Å². The topological polar surface area (TPSA) is 58.6 Å². The zero-order valence-corrected chi connectivity index (χ0v) is 19.4. The van der Waals surface area contributed by atoms with E-state index >= 15 is 0 Å².